The van der Waals surface area contributed by atoms with E-state index in [0.717, 1.165) is 6.54 Å². The van der Waals surface area contributed by atoms with Crippen LogP contribution in [0.2, 0.25) is 0 Å². The molecule has 1 saturated heterocycles. The largest absolute Gasteiger partial charge is 0.353 e. The second-order valence-corrected chi connectivity index (χ2v) is 8.82. The quantitative estimate of drug-likeness (QED) is 0.800. The van der Waals surface area contributed by atoms with Crippen molar-refractivity contribution < 1.29 is 9.59 Å². The Morgan fingerprint density at radius 3 is 2.50 bits per heavy atom. The van der Waals surface area contributed by atoms with Gasteiger partial charge < -0.3 is 15.5 Å². The Hall–Kier alpha value is -1.53. The van der Waals surface area contributed by atoms with E-state index >= 15 is 0 Å². The van der Waals surface area contributed by atoms with Gasteiger partial charge in [0.25, 0.3) is 5.91 Å². The third kappa shape index (κ3) is 5.24. The van der Waals surface area contributed by atoms with E-state index in [1.165, 1.54) is 5.56 Å². The molecule has 0 saturated carbocycles. The van der Waals surface area contributed by atoms with Crippen LogP contribution in [0.4, 0.5) is 0 Å². The lowest BCUT2D eigenvalue weighted by molar-refractivity contribution is -0.124. The van der Waals surface area contributed by atoms with Crippen LogP contribution in [0, 0.1) is 0 Å². The molecule has 2 atom stereocenters. The molecule has 2 rings (SSSR count). The molecule has 1 aromatic carbocycles. The summed E-state index contributed by atoms with van der Waals surface area (Å²) in [6.45, 7) is 12.0. The lowest BCUT2D eigenvalue weighted by atomic mass is 9.86. The van der Waals surface area contributed by atoms with Gasteiger partial charge in [0, 0.05) is 23.9 Å². The Bertz CT molecular complexity index is 625. The van der Waals surface area contributed by atoms with Crippen molar-refractivity contribution in [2.45, 2.75) is 52.1 Å². The number of carbonyl (C=O) groups is 2. The van der Waals surface area contributed by atoms with E-state index in [1.54, 1.807) is 16.7 Å². The van der Waals surface area contributed by atoms with Crippen LogP contribution in [-0.2, 0) is 10.2 Å². The van der Waals surface area contributed by atoms with Crippen molar-refractivity contribution in [3.8, 4) is 0 Å². The minimum atomic E-state index is -0.399. The van der Waals surface area contributed by atoms with E-state index in [-0.39, 0.29) is 23.3 Å². The second-order valence-electron chi connectivity index (χ2n) is 7.82. The summed E-state index contributed by atoms with van der Waals surface area (Å²) in [5, 5.41) is 6.23. The smallest absolute Gasteiger partial charge is 0.255 e. The van der Waals surface area contributed by atoms with Gasteiger partial charge in [-0.25, -0.2) is 0 Å². The summed E-state index contributed by atoms with van der Waals surface area (Å²) in [7, 11) is 0. The SMILES string of the molecule is CCN[C@H](C)CNC(=O)C1CSCN1C(=O)c1ccc(C(C)(C)C)cc1. The molecular formula is C20H31N3O2S. The molecule has 1 aliphatic rings. The molecule has 144 valence electrons. The van der Waals surface area contributed by atoms with Crippen LogP contribution < -0.4 is 10.6 Å². The fourth-order valence-electron chi connectivity index (χ4n) is 2.93. The summed E-state index contributed by atoms with van der Waals surface area (Å²) in [5.74, 6) is 1.06. The van der Waals surface area contributed by atoms with Gasteiger partial charge >= 0.3 is 0 Å². The molecule has 0 radical (unpaired) electrons. The highest BCUT2D eigenvalue weighted by atomic mass is 32.2. The van der Waals surface area contributed by atoms with Crippen LogP contribution in [0.5, 0.6) is 0 Å². The third-order valence-electron chi connectivity index (χ3n) is 4.58. The van der Waals surface area contributed by atoms with Gasteiger partial charge in [-0.1, -0.05) is 39.8 Å². The highest BCUT2D eigenvalue weighted by Gasteiger charge is 2.35. The number of hydrogen-bond donors (Lipinski definition) is 2. The van der Waals surface area contributed by atoms with Gasteiger partial charge in [-0.05, 0) is 36.6 Å². The van der Waals surface area contributed by atoms with Gasteiger partial charge in [-0.15, -0.1) is 11.8 Å². The predicted octanol–water partition coefficient (Wildman–Crippen LogP) is 2.61. The van der Waals surface area contributed by atoms with Crippen LogP contribution in [0.15, 0.2) is 24.3 Å². The second kappa shape index (κ2) is 8.91. The summed E-state index contributed by atoms with van der Waals surface area (Å²) in [6.07, 6.45) is 0. The average Bonchev–Trinajstić information content (AvgIpc) is 3.08. The zero-order valence-corrected chi connectivity index (χ0v) is 17.3. The maximum absolute atomic E-state index is 12.9. The third-order valence-corrected chi connectivity index (χ3v) is 5.59. The van der Waals surface area contributed by atoms with Gasteiger partial charge in [-0.2, -0.15) is 0 Å². The minimum Gasteiger partial charge on any atom is -0.353 e. The highest BCUT2D eigenvalue weighted by molar-refractivity contribution is 7.99. The molecule has 2 N–H and O–H groups in total. The summed E-state index contributed by atoms with van der Waals surface area (Å²) < 4.78 is 0. The molecule has 1 aromatic rings. The van der Waals surface area contributed by atoms with Gasteiger partial charge in [0.05, 0.1) is 5.88 Å². The van der Waals surface area contributed by atoms with Crippen molar-refractivity contribution in [1.29, 1.82) is 0 Å². The molecule has 1 aliphatic heterocycles. The summed E-state index contributed by atoms with van der Waals surface area (Å²) in [5.41, 5.74) is 1.88. The van der Waals surface area contributed by atoms with Gasteiger partial charge in [0.1, 0.15) is 6.04 Å². The van der Waals surface area contributed by atoms with Crippen molar-refractivity contribution in [2.24, 2.45) is 0 Å². The van der Waals surface area contributed by atoms with Crippen LogP contribution in [0.1, 0.15) is 50.5 Å². The molecule has 6 heteroatoms. The number of rotatable bonds is 6. The molecule has 0 aromatic heterocycles. The monoisotopic (exact) mass is 377 g/mol. The van der Waals surface area contributed by atoms with Crippen molar-refractivity contribution in [3.63, 3.8) is 0 Å². The van der Waals surface area contributed by atoms with Crippen molar-refractivity contribution in [2.75, 3.05) is 24.7 Å². The zero-order chi connectivity index (χ0) is 19.3. The first kappa shape index (κ1) is 20.8. The fourth-order valence-corrected chi connectivity index (χ4v) is 4.08. The van der Waals surface area contributed by atoms with E-state index in [4.69, 9.17) is 0 Å². The first-order valence-corrected chi connectivity index (χ1v) is 10.4. The number of nitrogens with one attached hydrogen (secondary N) is 2. The van der Waals surface area contributed by atoms with E-state index in [1.807, 2.05) is 38.1 Å². The Kier molecular flexibility index (Phi) is 7.12. The molecule has 26 heavy (non-hydrogen) atoms. The van der Waals surface area contributed by atoms with E-state index in [0.29, 0.717) is 23.7 Å². The average molecular weight is 378 g/mol. The van der Waals surface area contributed by atoms with Crippen molar-refractivity contribution in [3.05, 3.63) is 35.4 Å². The number of benzene rings is 1. The van der Waals surface area contributed by atoms with Gasteiger partial charge in [-0.3, -0.25) is 9.59 Å². The first-order chi connectivity index (χ1) is 12.2. The molecule has 2 amide bonds. The molecule has 1 fully saturated rings. The Morgan fingerprint density at radius 1 is 1.27 bits per heavy atom. The van der Waals surface area contributed by atoms with Crippen LogP contribution >= 0.6 is 11.8 Å². The maximum atomic E-state index is 12.9. The summed E-state index contributed by atoms with van der Waals surface area (Å²) in [6, 6.07) is 7.56. The zero-order valence-electron chi connectivity index (χ0n) is 16.5. The van der Waals surface area contributed by atoms with Gasteiger partial charge in [0.2, 0.25) is 5.91 Å². The summed E-state index contributed by atoms with van der Waals surface area (Å²) in [4.78, 5) is 27.1. The Balaban J connectivity index is 2.02. The van der Waals surface area contributed by atoms with Crippen LogP contribution in [0.3, 0.4) is 0 Å². The number of thioether (sulfide) groups is 1. The molecule has 0 aliphatic carbocycles. The standard InChI is InChI=1S/C20H31N3O2S/c1-6-21-14(2)11-22-18(24)17-12-26-13-23(17)19(25)15-7-9-16(10-8-15)20(3,4)5/h7-10,14,17,21H,6,11-13H2,1-5H3,(H,22,24)/t14-,17?/m1/s1. The van der Waals surface area contributed by atoms with E-state index in [9.17, 15) is 9.59 Å². The molecule has 1 heterocycles. The normalized spacial score (nSPS) is 18.7. The fraction of sp³-hybridized carbons (Fsp3) is 0.600. The topological polar surface area (TPSA) is 61.4 Å². The van der Waals surface area contributed by atoms with Crippen LogP contribution in [-0.4, -0.2) is 53.5 Å². The Morgan fingerprint density at radius 2 is 1.92 bits per heavy atom. The first-order valence-electron chi connectivity index (χ1n) is 9.24. The summed E-state index contributed by atoms with van der Waals surface area (Å²) >= 11 is 1.62. The number of amides is 2. The van der Waals surface area contributed by atoms with E-state index < -0.39 is 6.04 Å². The molecule has 1 unspecified atom stereocenters. The lowest BCUT2D eigenvalue weighted by Crippen LogP contribution is -2.49. The molecular weight excluding hydrogens is 346 g/mol. The lowest BCUT2D eigenvalue weighted by Gasteiger charge is -2.24. The van der Waals surface area contributed by atoms with Crippen molar-refractivity contribution >= 4 is 23.6 Å². The maximum Gasteiger partial charge on any atom is 0.255 e. The predicted molar refractivity (Wildman–Crippen MR) is 109 cm³/mol. The van der Waals surface area contributed by atoms with Crippen LogP contribution in [0.25, 0.3) is 0 Å². The van der Waals surface area contributed by atoms with E-state index in [2.05, 4.69) is 31.4 Å². The Labute approximate surface area is 161 Å². The number of likely N-dealkylation sites (N-methyl/N-ethyl adjacent to an activating group) is 1. The molecule has 5 nitrogen and oxygen atoms in total. The number of carbonyl (C=O) groups excluding carboxylic acids is 2. The molecule has 0 spiro atoms. The number of nitrogens with zero attached hydrogens (tertiary/aromatic N) is 1. The van der Waals surface area contributed by atoms with Gasteiger partial charge in [0.15, 0.2) is 0 Å². The molecule has 0 bridgehead atoms. The number of hydrogen-bond acceptors (Lipinski definition) is 4. The minimum absolute atomic E-state index is 0.0523. The highest BCUT2D eigenvalue weighted by Crippen LogP contribution is 2.26. The van der Waals surface area contributed by atoms with Crippen molar-refractivity contribution in [1.82, 2.24) is 15.5 Å².